The van der Waals surface area contributed by atoms with Gasteiger partial charge in [0.25, 0.3) is 0 Å². The van der Waals surface area contributed by atoms with Gasteiger partial charge in [0, 0.05) is 11.1 Å². The monoisotopic (exact) mass is 312 g/mol. The predicted octanol–water partition coefficient (Wildman–Crippen LogP) is 3.48. The Morgan fingerprint density at radius 2 is 2.35 bits per heavy atom. The maximum absolute atomic E-state index is 12.1. The quantitative estimate of drug-likeness (QED) is 0.678. The van der Waals surface area contributed by atoms with E-state index in [1.54, 1.807) is 14.0 Å². The van der Waals surface area contributed by atoms with Crippen LogP contribution in [0.1, 0.15) is 40.9 Å². The highest BCUT2D eigenvalue weighted by Crippen LogP contribution is 2.42. The summed E-state index contributed by atoms with van der Waals surface area (Å²) in [7, 11) is 1.66. The molecule has 0 aliphatic heterocycles. The number of nitrogens with one attached hydrogen (secondary N) is 1. The van der Waals surface area contributed by atoms with Crippen molar-refractivity contribution in [3.8, 4) is 17.0 Å². The molecule has 1 aromatic heterocycles. The molecule has 5 heteroatoms. The standard InChI is InChI=1S/C18H20N2O3/c1-4-6-11-9-15-16(19-20-17(15)18(21)23-5-2)13-8-7-12(22-3)10-14(11)13/h4,7-8,10-11H,1,5-6,9H2,2-3H3,(H,19,20). The summed E-state index contributed by atoms with van der Waals surface area (Å²) in [4.78, 5) is 12.1. The van der Waals surface area contributed by atoms with Crippen molar-refractivity contribution in [3.63, 3.8) is 0 Å². The summed E-state index contributed by atoms with van der Waals surface area (Å²) < 4.78 is 10.5. The number of carbonyl (C=O) groups excluding carboxylic acids is 1. The first-order chi connectivity index (χ1) is 11.2. The van der Waals surface area contributed by atoms with Crippen molar-refractivity contribution in [1.82, 2.24) is 10.2 Å². The zero-order valence-corrected chi connectivity index (χ0v) is 13.4. The Hall–Kier alpha value is -2.56. The van der Waals surface area contributed by atoms with Crippen LogP contribution in [0.25, 0.3) is 11.3 Å². The zero-order valence-electron chi connectivity index (χ0n) is 13.4. The number of allylic oxidation sites excluding steroid dienone is 1. The maximum Gasteiger partial charge on any atom is 0.359 e. The molecule has 1 unspecified atom stereocenters. The molecule has 0 saturated heterocycles. The SMILES string of the molecule is C=CCC1Cc2c(C(=O)OCC)n[nH]c2-c2ccc(OC)cc21. The van der Waals surface area contributed by atoms with E-state index < -0.39 is 0 Å². The summed E-state index contributed by atoms with van der Waals surface area (Å²) in [6.45, 7) is 5.98. The van der Waals surface area contributed by atoms with Gasteiger partial charge < -0.3 is 9.47 Å². The Kier molecular flexibility index (Phi) is 4.19. The van der Waals surface area contributed by atoms with Crippen molar-refractivity contribution in [2.24, 2.45) is 0 Å². The van der Waals surface area contributed by atoms with Gasteiger partial charge in [0.15, 0.2) is 5.69 Å². The average molecular weight is 312 g/mol. The molecule has 0 radical (unpaired) electrons. The van der Waals surface area contributed by atoms with E-state index in [0.717, 1.165) is 35.4 Å². The van der Waals surface area contributed by atoms with Crippen LogP contribution >= 0.6 is 0 Å². The number of rotatable bonds is 5. The van der Waals surface area contributed by atoms with Crippen LogP contribution in [0.5, 0.6) is 5.75 Å². The second kappa shape index (κ2) is 6.28. The molecule has 0 amide bonds. The van der Waals surface area contributed by atoms with Gasteiger partial charge in [0.1, 0.15) is 5.75 Å². The molecule has 23 heavy (non-hydrogen) atoms. The van der Waals surface area contributed by atoms with Crippen molar-refractivity contribution < 1.29 is 14.3 Å². The van der Waals surface area contributed by atoms with Gasteiger partial charge in [-0.2, -0.15) is 5.10 Å². The van der Waals surface area contributed by atoms with Gasteiger partial charge in [0.05, 0.1) is 19.4 Å². The van der Waals surface area contributed by atoms with Gasteiger partial charge >= 0.3 is 5.97 Å². The number of H-pyrrole nitrogens is 1. The second-order valence-corrected chi connectivity index (χ2v) is 5.52. The van der Waals surface area contributed by atoms with E-state index in [4.69, 9.17) is 9.47 Å². The third-order valence-corrected chi connectivity index (χ3v) is 4.21. The molecule has 0 saturated carbocycles. The lowest BCUT2D eigenvalue weighted by molar-refractivity contribution is 0.0518. The van der Waals surface area contributed by atoms with E-state index in [1.807, 2.05) is 18.2 Å². The second-order valence-electron chi connectivity index (χ2n) is 5.52. The number of esters is 1. The van der Waals surface area contributed by atoms with Crippen LogP contribution in [-0.2, 0) is 11.2 Å². The number of carbonyl (C=O) groups is 1. The third kappa shape index (κ3) is 2.63. The molecule has 1 atom stereocenters. The van der Waals surface area contributed by atoms with Gasteiger partial charge in [-0.25, -0.2) is 4.79 Å². The molecule has 1 N–H and O–H groups in total. The lowest BCUT2D eigenvalue weighted by atomic mass is 9.79. The predicted molar refractivity (Wildman–Crippen MR) is 87.8 cm³/mol. The van der Waals surface area contributed by atoms with E-state index in [9.17, 15) is 4.79 Å². The number of benzene rings is 1. The Morgan fingerprint density at radius 1 is 1.52 bits per heavy atom. The third-order valence-electron chi connectivity index (χ3n) is 4.21. The molecule has 120 valence electrons. The molecule has 2 aromatic rings. The molecule has 3 rings (SSSR count). The minimum Gasteiger partial charge on any atom is -0.497 e. The number of aromatic nitrogens is 2. The summed E-state index contributed by atoms with van der Waals surface area (Å²) in [5.41, 5.74) is 4.45. The van der Waals surface area contributed by atoms with Gasteiger partial charge in [-0.3, -0.25) is 5.10 Å². The van der Waals surface area contributed by atoms with Crippen LogP contribution < -0.4 is 4.74 Å². The Bertz CT molecular complexity index is 749. The summed E-state index contributed by atoms with van der Waals surface area (Å²) in [5, 5.41) is 7.20. The summed E-state index contributed by atoms with van der Waals surface area (Å²) in [5.74, 6) is 0.696. The van der Waals surface area contributed by atoms with E-state index in [-0.39, 0.29) is 11.9 Å². The van der Waals surface area contributed by atoms with Crippen molar-refractivity contribution in [2.45, 2.75) is 25.7 Å². The topological polar surface area (TPSA) is 64.2 Å². The van der Waals surface area contributed by atoms with Crippen LogP contribution in [0.2, 0.25) is 0 Å². The van der Waals surface area contributed by atoms with Crippen molar-refractivity contribution in [1.29, 1.82) is 0 Å². The van der Waals surface area contributed by atoms with E-state index in [1.165, 1.54) is 5.56 Å². The smallest absolute Gasteiger partial charge is 0.359 e. The average Bonchev–Trinajstić information content (AvgIpc) is 2.99. The van der Waals surface area contributed by atoms with Crippen LogP contribution in [0, 0.1) is 0 Å². The number of nitrogens with zero attached hydrogens (tertiary/aromatic N) is 1. The van der Waals surface area contributed by atoms with Crippen LogP contribution in [0.3, 0.4) is 0 Å². The van der Waals surface area contributed by atoms with Crippen molar-refractivity contribution >= 4 is 5.97 Å². The van der Waals surface area contributed by atoms with Crippen molar-refractivity contribution in [2.75, 3.05) is 13.7 Å². The fourth-order valence-electron chi connectivity index (χ4n) is 3.16. The molecular weight excluding hydrogens is 292 g/mol. The van der Waals surface area contributed by atoms with E-state index in [0.29, 0.717) is 12.3 Å². The Labute approximate surface area is 135 Å². The number of aromatic amines is 1. The highest BCUT2D eigenvalue weighted by molar-refractivity contribution is 5.92. The molecule has 0 spiro atoms. The highest BCUT2D eigenvalue weighted by Gasteiger charge is 2.31. The fourth-order valence-corrected chi connectivity index (χ4v) is 3.16. The molecule has 0 bridgehead atoms. The molecule has 1 aromatic carbocycles. The maximum atomic E-state index is 12.1. The molecule has 0 fully saturated rings. The highest BCUT2D eigenvalue weighted by atomic mass is 16.5. The summed E-state index contributed by atoms with van der Waals surface area (Å²) in [6, 6.07) is 5.98. The molecule has 5 nitrogen and oxygen atoms in total. The van der Waals surface area contributed by atoms with Gasteiger partial charge in [-0.05, 0) is 49.4 Å². The van der Waals surface area contributed by atoms with Crippen LogP contribution in [0.15, 0.2) is 30.9 Å². The molecule has 1 aliphatic carbocycles. The first-order valence-electron chi connectivity index (χ1n) is 7.73. The molecule has 1 heterocycles. The summed E-state index contributed by atoms with van der Waals surface area (Å²) in [6.07, 6.45) is 3.46. The number of hydrogen-bond acceptors (Lipinski definition) is 4. The number of methoxy groups -OCH3 is 1. The van der Waals surface area contributed by atoms with Gasteiger partial charge in [-0.15, -0.1) is 6.58 Å². The minimum atomic E-state index is -0.376. The number of ether oxygens (including phenoxy) is 2. The number of hydrogen-bond donors (Lipinski definition) is 1. The van der Waals surface area contributed by atoms with Gasteiger partial charge in [-0.1, -0.05) is 6.08 Å². The number of fused-ring (bicyclic) bond motifs is 3. The normalized spacial score (nSPS) is 15.5. The van der Waals surface area contributed by atoms with E-state index in [2.05, 4.69) is 22.8 Å². The first-order valence-corrected chi connectivity index (χ1v) is 7.73. The Balaban J connectivity index is 2.11. The first kappa shape index (κ1) is 15.3. The van der Waals surface area contributed by atoms with E-state index >= 15 is 0 Å². The zero-order chi connectivity index (χ0) is 16.4. The Morgan fingerprint density at radius 3 is 3.04 bits per heavy atom. The molecular formula is C18H20N2O3. The van der Waals surface area contributed by atoms with Crippen LogP contribution in [-0.4, -0.2) is 29.9 Å². The molecule has 1 aliphatic rings. The largest absolute Gasteiger partial charge is 0.497 e. The summed E-state index contributed by atoms with van der Waals surface area (Å²) >= 11 is 0. The lowest BCUT2D eigenvalue weighted by Gasteiger charge is -2.25. The fraction of sp³-hybridized carbons (Fsp3) is 0.333. The lowest BCUT2D eigenvalue weighted by Crippen LogP contribution is -2.14. The van der Waals surface area contributed by atoms with Crippen molar-refractivity contribution in [3.05, 3.63) is 47.7 Å². The minimum absolute atomic E-state index is 0.246. The van der Waals surface area contributed by atoms with Gasteiger partial charge in [0.2, 0.25) is 0 Å². The van der Waals surface area contributed by atoms with Crippen LogP contribution in [0.4, 0.5) is 0 Å².